The van der Waals surface area contributed by atoms with E-state index in [0.717, 1.165) is 31.6 Å². The number of hydrogen-bond donors (Lipinski definition) is 2. The van der Waals surface area contributed by atoms with E-state index in [2.05, 4.69) is 15.1 Å². The van der Waals surface area contributed by atoms with Crippen molar-refractivity contribution in [3.05, 3.63) is 53.8 Å². The van der Waals surface area contributed by atoms with Crippen LogP contribution in [0.3, 0.4) is 0 Å². The molecule has 3 aliphatic heterocycles. The smallest absolute Gasteiger partial charge is 0.312 e. The van der Waals surface area contributed by atoms with E-state index >= 15 is 0 Å². The second kappa shape index (κ2) is 11.4. The number of benzene rings is 2. The Labute approximate surface area is 215 Å². The molecule has 5 rings (SSSR count). The van der Waals surface area contributed by atoms with E-state index in [0.29, 0.717) is 63.0 Å². The van der Waals surface area contributed by atoms with Crippen molar-refractivity contribution >= 4 is 17.5 Å². The highest BCUT2D eigenvalue weighted by Crippen LogP contribution is 2.33. The topological polar surface area (TPSA) is 94.6 Å². The van der Waals surface area contributed by atoms with Crippen molar-refractivity contribution in [3.63, 3.8) is 0 Å². The number of aliphatic hydroxyl groups is 1. The molecule has 37 heavy (non-hydrogen) atoms. The van der Waals surface area contributed by atoms with Gasteiger partial charge in [0.1, 0.15) is 25.1 Å². The predicted molar refractivity (Wildman–Crippen MR) is 135 cm³/mol. The number of likely N-dealkylation sites (tertiary alicyclic amines) is 1. The van der Waals surface area contributed by atoms with Crippen LogP contribution in [0.1, 0.15) is 24.5 Å². The number of fused-ring (bicyclic) bond motifs is 1. The summed E-state index contributed by atoms with van der Waals surface area (Å²) < 4.78 is 24.5. The van der Waals surface area contributed by atoms with E-state index in [1.165, 1.54) is 17.0 Å². The Morgan fingerprint density at radius 1 is 0.919 bits per heavy atom. The molecule has 2 aromatic carbocycles. The lowest BCUT2D eigenvalue weighted by atomic mass is 10.0. The Morgan fingerprint density at radius 2 is 1.59 bits per heavy atom. The summed E-state index contributed by atoms with van der Waals surface area (Å²) in [5.41, 5.74) is 1.47. The Bertz CT molecular complexity index is 1100. The van der Waals surface area contributed by atoms with E-state index < -0.39 is 24.0 Å². The third kappa shape index (κ3) is 5.97. The van der Waals surface area contributed by atoms with Gasteiger partial charge in [0.15, 0.2) is 11.5 Å². The van der Waals surface area contributed by atoms with E-state index in [1.807, 2.05) is 0 Å². The van der Waals surface area contributed by atoms with Gasteiger partial charge in [0.2, 0.25) is 0 Å². The van der Waals surface area contributed by atoms with Gasteiger partial charge in [-0.1, -0.05) is 6.07 Å². The third-order valence-corrected chi connectivity index (χ3v) is 7.21. The summed E-state index contributed by atoms with van der Waals surface area (Å²) in [5.74, 6) is -0.451. The van der Waals surface area contributed by atoms with Crippen LogP contribution < -0.4 is 19.7 Å². The van der Waals surface area contributed by atoms with Crippen molar-refractivity contribution in [2.45, 2.75) is 25.0 Å². The lowest BCUT2D eigenvalue weighted by Crippen LogP contribution is -2.55. The minimum Gasteiger partial charge on any atom is -0.486 e. The number of halogens is 1. The SMILES string of the molecule is O=C(N[C@H](CN1CCCC1)[C@H](O)c1ccc2c(c1)OCCO2)C(=O)N1CCN(c2ccc(F)cc2)CC1. The Hall–Kier alpha value is -3.37. The second-order valence-electron chi connectivity index (χ2n) is 9.69. The molecule has 0 spiro atoms. The quantitative estimate of drug-likeness (QED) is 0.568. The van der Waals surface area contributed by atoms with E-state index in [9.17, 15) is 19.1 Å². The van der Waals surface area contributed by atoms with Crippen molar-refractivity contribution in [2.24, 2.45) is 0 Å². The Balaban J connectivity index is 1.23. The number of carbonyl (C=O) groups is 2. The maximum atomic E-state index is 13.2. The Kier molecular flexibility index (Phi) is 7.76. The molecule has 0 radical (unpaired) electrons. The monoisotopic (exact) mass is 512 g/mol. The molecule has 0 unspecified atom stereocenters. The summed E-state index contributed by atoms with van der Waals surface area (Å²) in [7, 11) is 0. The van der Waals surface area contributed by atoms with E-state index in [-0.39, 0.29) is 5.82 Å². The number of hydrogen-bond acceptors (Lipinski definition) is 7. The molecule has 0 aromatic heterocycles. The first kappa shape index (κ1) is 25.3. The zero-order valence-electron chi connectivity index (χ0n) is 20.8. The van der Waals surface area contributed by atoms with Crippen LogP contribution in [-0.4, -0.2) is 91.8 Å². The first-order valence-electron chi connectivity index (χ1n) is 12.9. The molecule has 2 saturated heterocycles. The van der Waals surface area contributed by atoms with Crippen LogP contribution in [-0.2, 0) is 9.59 Å². The lowest BCUT2D eigenvalue weighted by Gasteiger charge is -2.36. The van der Waals surface area contributed by atoms with Gasteiger partial charge in [-0.05, 0) is 67.9 Å². The van der Waals surface area contributed by atoms with Gasteiger partial charge in [-0.3, -0.25) is 9.59 Å². The van der Waals surface area contributed by atoms with Gasteiger partial charge >= 0.3 is 11.8 Å². The predicted octanol–water partition coefficient (Wildman–Crippen LogP) is 1.56. The molecular formula is C27H33FN4O5. The first-order valence-corrected chi connectivity index (χ1v) is 12.9. The molecule has 2 aromatic rings. The molecule has 9 nitrogen and oxygen atoms in total. The Morgan fingerprint density at radius 3 is 2.30 bits per heavy atom. The van der Waals surface area contributed by atoms with Crippen LogP contribution in [0, 0.1) is 5.82 Å². The average molecular weight is 513 g/mol. The number of rotatable bonds is 6. The van der Waals surface area contributed by atoms with Gasteiger partial charge in [0.05, 0.1) is 6.04 Å². The number of nitrogens with one attached hydrogen (secondary N) is 1. The highest BCUT2D eigenvalue weighted by Gasteiger charge is 2.32. The molecule has 2 fully saturated rings. The molecule has 2 N–H and O–H groups in total. The minimum atomic E-state index is -1.02. The average Bonchev–Trinajstić information content (AvgIpc) is 3.45. The molecular weight excluding hydrogens is 479 g/mol. The number of aliphatic hydroxyl groups excluding tert-OH is 1. The number of amides is 2. The maximum absolute atomic E-state index is 13.2. The van der Waals surface area contributed by atoms with Gasteiger partial charge in [0.25, 0.3) is 0 Å². The van der Waals surface area contributed by atoms with Crippen LogP contribution >= 0.6 is 0 Å². The van der Waals surface area contributed by atoms with Crippen molar-refractivity contribution < 1.29 is 28.6 Å². The molecule has 3 heterocycles. The summed E-state index contributed by atoms with van der Waals surface area (Å²) in [6, 6.07) is 10.8. The maximum Gasteiger partial charge on any atom is 0.312 e. The van der Waals surface area contributed by atoms with Crippen molar-refractivity contribution in [2.75, 3.05) is 63.9 Å². The fourth-order valence-corrected chi connectivity index (χ4v) is 5.14. The first-order chi connectivity index (χ1) is 18.0. The van der Waals surface area contributed by atoms with Crippen LogP contribution in [0.15, 0.2) is 42.5 Å². The number of nitrogens with zero attached hydrogens (tertiary/aromatic N) is 3. The van der Waals surface area contributed by atoms with Crippen LogP contribution in [0.4, 0.5) is 10.1 Å². The van der Waals surface area contributed by atoms with Crippen LogP contribution in [0.25, 0.3) is 0 Å². The molecule has 2 amide bonds. The summed E-state index contributed by atoms with van der Waals surface area (Å²) in [5, 5.41) is 14.1. The fourth-order valence-electron chi connectivity index (χ4n) is 5.14. The molecule has 10 heteroatoms. The lowest BCUT2D eigenvalue weighted by molar-refractivity contribution is -0.147. The van der Waals surface area contributed by atoms with Crippen LogP contribution in [0.2, 0.25) is 0 Å². The van der Waals surface area contributed by atoms with Crippen LogP contribution in [0.5, 0.6) is 11.5 Å². The zero-order valence-corrected chi connectivity index (χ0v) is 20.8. The number of piperazine rings is 1. The number of ether oxygens (including phenoxy) is 2. The van der Waals surface area contributed by atoms with E-state index in [4.69, 9.17) is 9.47 Å². The largest absolute Gasteiger partial charge is 0.486 e. The number of anilines is 1. The zero-order chi connectivity index (χ0) is 25.8. The summed E-state index contributed by atoms with van der Waals surface area (Å²) in [6.07, 6.45) is 1.11. The third-order valence-electron chi connectivity index (χ3n) is 7.21. The van der Waals surface area contributed by atoms with Gasteiger partial charge < -0.3 is 34.6 Å². The summed E-state index contributed by atoms with van der Waals surface area (Å²) >= 11 is 0. The number of carbonyl (C=O) groups excluding carboxylic acids is 2. The van der Waals surface area contributed by atoms with Crippen molar-refractivity contribution in [1.29, 1.82) is 0 Å². The van der Waals surface area contributed by atoms with Gasteiger partial charge in [0, 0.05) is 38.4 Å². The van der Waals surface area contributed by atoms with Gasteiger partial charge in [-0.15, -0.1) is 0 Å². The van der Waals surface area contributed by atoms with Gasteiger partial charge in [-0.2, -0.15) is 0 Å². The van der Waals surface area contributed by atoms with Crippen molar-refractivity contribution in [3.8, 4) is 11.5 Å². The summed E-state index contributed by atoms with van der Waals surface area (Å²) in [6.45, 7) is 4.97. The minimum absolute atomic E-state index is 0.295. The molecule has 198 valence electrons. The van der Waals surface area contributed by atoms with E-state index in [1.54, 1.807) is 30.3 Å². The molecule has 0 aliphatic carbocycles. The van der Waals surface area contributed by atoms with Gasteiger partial charge in [-0.25, -0.2) is 4.39 Å². The molecule has 0 bridgehead atoms. The highest BCUT2D eigenvalue weighted by molar-refractivity contribution is 6.35. The summed E-state index contributed by atoms with van der Waals surface area (Å²) in [4.78, 5) is 31.9. The van der Waals surface area contributed by atoms with Crippen molar-refractivity contribution in [1.82, 2.24) is 15.1 Å². The molecule has 3 aliphatic rings. The molecule has 2 atom stereocenters. The highest BCUT2D eigenvalue weighted by atomic mass is 19.1. The second-order valence-corrected chi connectivity index (χ2v) is 9.69. The standard InChI is InChI=1S/C27H33FN4O5/c28-20-4-6-21(7-5-20)31-11-13-32(14-12-31)27(35)26(34)29-22(18-30-9-1-2-10-30)25(33)19-3-8-23-24(17-19)37-16-15-36-23/h3-8,17,22,25,33H,1-2,9-16,18H2,(H,29,34)/t22-,25-/m1/s1. The fraction of sp³-hybridized carbons (Fsp3) is 0.481. The molecule has 0 saturated carbocycles. The normalized spacial score (nSPS) is 19.4.